The van der Waals surface area contributed by atoms with Crippen molar-refractivity contribution in [2.75, 3.05) is 7.11 Å². The van der Waals surface area contributed by atoms with Crippen LogP contribution < -0.4 is 0 Å². The van der Waals surface area contributed by atoms with E-state index in [1.54, 1.807) is 0 Å². The fourth-order valence-corrected chi connectivity index (χ4v) is 6.21. The first-order valence-electron chi connectivity index (χ1n) is 7.39. The first-order valence-corrected chi connectivity index (χ1v) is 7.39. The predicted octanol–water partition coefficient (Wildman–Crippen LogP) is 3.23. The molecule has 0 aromatic heterocycles. The van der Waals surface area contributed by atoms with E-state index in [-0.39, 0.29) is 5.60 Å². The summed E-state index contributed by atoms with van der Waals surface area (Å²) in [7, 11) is 1.40. The van der Waals surface area contributed by atoms with Crippen molar-refractivity contribution in [1.82, 2.24) is 0 Å². The SMILES string of the molecule is COC(=O)OC1(C)CC2CC1C1C3CCC(C3)C21. The van der Waals surface area contributed by atoms with E-state index in [2.05, 4.69) is 6.92 Å². The quantitative estimate of drug-likeness (QED) is 0.529. The van der Waals surface area contributed by atoms with Crippen LogP contribution in [-0.4, -0.2) is 18.9 Å². The van der Waals surface area contributed by atoms with Crippen LogP contribution in [0.15, 0.2) is 0 Å². The lowest BCUT2D eigenvalue weighted by Crippen LogP contribution is -2.45. The molecule has 4 fully saturated rings. The maximum atomic E-state index is 11.5. The molecule has 100 valence electrons. The zero-order chi connectivity index (χ0) is 12.5. The second kappa shape index (κ2) is 3.43. The van der Waals surface area contributed by atoms with Crippen LogP contribution in [0.25, 0.3) is 0 Å². The van der Waals surface area contributed by atoms with Gasteiger partial charge >= 0.3 is 6.16 Å². The van der Waals surface area contributed by atoms with Gasteiger partial charge in [0.1, 0.15) is 5.60 Å². The normalized spacial score (nSPS) is 55.7. The minimum Gasteiger partial charge on any atom is -0.438 e. The van der Waals surface area contributed by atoms with Gasteiger partial charge in [0.25, 0.3) is 0 Å². The Morgan fingerprint density at radius 2 is 1.83 bits per heavy atom. The van der Waals surface area contributed by atoms with Crippen molar-refractivity contribution in [3.63, 3.8) is 0 Å². The molecule has 4 saturated carbocycles. The van der Waals surface area contributed by atoms with Gasteiger partial charge in [-0.1, -0.05) is 0 Å². The largest absolute Gasteiger partial charge is 0.508 e. The van der Waals surface area contributed by atoms with Crippen LogP contribution in [0.2, 0.25) is 0 Å². The molecule has 0 amide bonds. The summed E-state index contributed by atoms with van der Waals surface area (Å²) in [5, 5.41) is 0. The molecule has 0 radical (unpaired) electrons. The van der Waals surface area contributed by atoms with E-state index in [4.69, 9.17) is 9.47 Å². The van der Waals surface area contributed by atoms with Crippen LogP contribution in [0.4, 0.5) is 4.79 Å². The molecular weight excluding hydrogens is 228 g/mol. The first kappa shape index (κ1) is 11.1. The van der Waals surface area contributed by atoms with Crippen LogP contribution in [0.3, 0.4) is 0 Å². The van der Waals surface area contributed by atoms with Gasteiger partial charge in [-0.05, 0) is 68.6 Å². The lowest BCUT2D eigenvalue weighted by molar-refractivity contribution is -0.0810. The molecule has 0 N–H and O–H groups in total. The van der Waals surface area contributed by atoms with Gasteiger partial charge in [0.05, 0.1) is 7.11 Å². The Balaban J connectivity index is 1.59. The van der Waals surface area contributed by atoms with Gasteiger partial charge < -0.3 is 9.47 Å². The summed E-state index contributed by atoms with van der Waals surface area (Å²) in [5.74, 6) is 5.14. The minimum atomic E-state index is -0.496. The molecule has 0 aliphatic heterocycles. The Morgan fingerprint density at radius 3 is 2.56 bits per heavy atom. The van der Waals surface area contributed by atoms with Crippen molar-refractivity contribution in [1.29, 1.82) is 0 Å². The first-order chi connectivity index (χ1) is 8.62. The molecule has 0 aromatic rings. The zero-order valence-corrected chi connectivity index (χ0v) is 11.2. The maximum Gasteiger partial charge on any atom is 0.508 e. The van der Waals surface area contributed by atoms with Gasteiger partial charge in [-0.25, -0.2) is 4.79 Å². The molecule has 3 nitrogen and oxygen atoms in total. The zero-order valence-electron chi connectivity index (χ0n) is 11.2. The molecule has 7 atom stereocenters. The second-order valence-corrected chi connectivity index (χ2v) is 7.16. The van der Waals surface area contributed by atoms with E-state index in [0.29, 0.717) is 5.92 Å². The molecular formula is C15H22O3. The summed E-state index contributed by atoms with van der Waals surface area (Å²) in [4.78, 5) is 11.5. The van der Waals surface area contributed by atoms with Gasteiger partial charge in [0, 0.05) is 5.92 Å². The number of ether oxygens (including phenoxy) is 2. The highest BCUT2D eigenvalue weighted by atomic mass is 16.7. The van der Waals surface area contributed by atoms with E-state index < -0.39 is 6.16 Å². The number of carbonyl (C=O) groups excluding carboxylic acids is 1. The molecule has 0 heterocycles. The maximum absolute atomic E-state index is 11.5. The van der Waals surface area contributed by atoms with Crippen molar-refractivity contribution >= 4 is 6.16 Å². The second-order valence-electron chi connectivity index (χ2n) is 7.16. The molecule has 0 aromatic carbocycles. The fraction of sp³-hybridized carbons (Fsp3) is 0.933. The standard InChI is InChI=1S/C15H22O3/c1-15(18-14(16)17-2)7-10-6-11(15)13-9-4-3-8(5-9)12(10)13/h8-13H,3-7H2,1-2H3. The fourth-order valence-electron chi connectivity index (χ4n) is 6.21. The van der Waals surface area contributed by atoms with E-state index in [0.717, 1.165) is 36.0 Å². The van der Waals surface area contributed by atoms with Crippen LogP contribution in [0.1, 0.15) is 39.0 Å². The minimum absolute atomic E-state index is 0.247. The Labute approximate surface area is 108 Å². The van der Waals surface area contributed by atoms with Crippen LogP contribution in [0, 0.1) is 35.5 Å². The summed E-state index contributed by atoms with van der Waals surface area (Å²) in [6.45, 7) is 2.14. The highest BCUT2D eigenvalue weighted by Gasteiger charge is 2.67. The van der Waals surface area contributed by atoms with Crippen molar-refractivity contribution < 1.29 is 14.3 Å². The Morgan fingerprint density at radius 1 is 1.11 bits per heavy atom. The lowest BCUT2D eigenvalue weighted by atomic mass is 9.66. The average Bonchev–Trinajstić information content (AvgIpc) is 3.03. The van der Waals surface area contributed by atoms with E-state index in [1.807, 2.05) is 0 Å². The van der Waals surface area contributed by atoms with Gasteiger partial charge in [-0.3, -0.25) is 0 Å². The summed E-state index contributed by atoms with van der Waals surface area (Å²) < 4.78 is 10.3. The Hall–Kier alpha value is -0.730. The number of rotatable bonds is 1. The molecule has 4 aliphatic rings. The summed E-state index contributed by atoms with van der Waals surface area (Å²) >= 11 is 0. The number of hydrogen-bond donors (Lipinski definition) is 0. The third-order valence-electron chi connectivity index (χ3n) is 6.55. The van der Waals surface area contributed by atoms with Gasteiger partial charge in [0.2, 0.25) is 0 Å². The number of carbonyl (C=O) groups is 1. The summed E-state index contributed by atoms with van der Waals surface area (Å²) in [6.07, 6.45) is 6.20. The average molecular weight is 250 g/mol. The van der Waals surface area contributed by atoms with Gasteiger partial charge in [-0.2, -0.15) is 0 Å². The molecule has 7 unspecified atom stereocenters. The number of methoxy groups -OCH3 is 1. The number of hydrogen-bond acceptors (Lipinski definition) is 3. The Bertz CT molecular complexity index is 393. The van der Waals surface area contributed by atoms with Crippen LogP contribution in [0.5, 0.6) is 0 Å². The molecule has 0 spiro atoms. The van der Waals surface area contributed by atoms with Crippen molar-refractivity contribution in [2.24, 2.45) is 35.5 Å². The molecule has 4 aliphatic carbocycles. The smallest absolute Gasteiger partial charge is 0.438 e. The molecule has 4 bridgehead atoms. The van der Waals surface area contributed by atoms with Gasteiger partial charge in [-0.15, -0.1) is 0 Å². The van der Waals surface area contributed by atoms with E-state index in [1.165, 1.54) is 32.8 Å². The lowest BCUT2D eigenvalue weighted by Gasteiger charge is -2.43. The molecule has 0 saturated heterocycles. The predicted molar refractivity (Wildman–Crippen MR) is 65.9 cm³/mol. The molecule has 18 heavy (non-hydrogen) atoms. The highest BCUT2D eigenvalue weighted by molar-refractivity contribution is 5.60. The third-order valence-corrected chi connectivity index (χ3v) is 6.55. The molecule has 4 rings (SSSR count). The summed E-state index contributed by atoms with van der Waals surface area (Å²) in [5.41, 5.74) is -0.247. The monoisotopic (exact) mass is 250 g/mol. The van der Waals surface area contributed by atoms with Crippen molar-refractivity contribution in [2.45, 2.75) is 44.6 Å². The highest BCUT2D eigenvalue weighted by Crippen LogP contribution is 2.70. The summed E-state index contributed by atoms with van der Waals surface area (Å²) in [6, 6.07) is 0. The van der Waals surface area contributed by atoms with E-state index in [9.17, 15) is 4.79 Å². The van der Waals surface area contributed by atoms with Crippen molar-refractivity contribution in [3.05, 3.63) is 0 Å². The number of fused-ring (bicyclic) bond motifs is 9. The Kier molecular flexibility index (Phi) is 2.12. The van der Waals surface area contributed by atoms with Gasteiger partial charge in [0.15, 0.2) is 0 Å². The third kappa shape index (κ3) is 1.23. The molecule has 3 heteroatoms. The van der Waals surface area contributed by atoms with Crippen LogP contribution in [-0.2, 0) is 9.47 Å². The topological polar surface area (TPSA) is 35.5 Å². The van der Waals surface area contributed by atoms with E-state index >= 15 is 0 Å². The van der Waals surface area contributed by atoms with Crippen LogP contribution >= 0.6 is 0 Å². The van der Waals surface area contributed by atoms with Crippen molar-refractivity contribution in [3.8, 4) is 0 Å².